The molecule has 4 nitrogen and oxygen atoms in total. The lowest BCUT2D eigenvalue weighted by atomic mass is 10.3. The molecule has 0 saturated carbocycles. The van der Waals surface area contributed by atoms with Gasteiger partial charge in [0.15, 0.2) is 0 Å². The van der Waals surface area contributed by atoms with Gasteiger partial charge >= 0.3 is 0 Å². The van der Waals surface area contributed by atoms with Crippen LogP contribution in [-0.4, -0.2) is 19.1 Å². The van der Waals surface area contributed by atoms with Gasteiger partial charge in [0.2, 0.25) is 6.08 Å². The second kappa shape index (κ2) is 4.47. The van der Waals surface area contributed by atoms with Crippen LogP contribution < -0.4 is 0 Å². The molecule has 0 aliphatic heterocycles. The fourth-order valence-corrected chi connectivity index (χ4v) is 0.357. The normalized spacial score (nSPS) is 10.0. The number of hydrogen-bond acceptors (Lipinski definition) is 3. The number of methoxy groups -OCH3 is 1. The van der Waals surface area contributed by atoms with Gasteiger partial charge in [-0.25, -0.2) is 4.79 Å². The second-order valence-electron chi connectivity index (χ2n) is 1.54. The van der Waals surface area contributed by atoms with E-state index in [1.807, 2.05) is 0 Å². The van der Waals surface area contributed by atoms with E-state index in [9.17, 15) is 9.59 Å². The Kier molecular flexibility index (Phi) is 3.84. The first-order valence-corrected chi connectivity index (χ1v) is 2.54. The van der Waals surface area contributed by atoms with Gasteiger partial charge in [-0.1, -0.05) is 0 Å². The van der Waals surface area contributed by atoms with E-state index in [2.05, 4.69) is 9.73 Å². The van der Waals surface area contributed by atoms with Gasteiger partial charge in [0, 0.05) is 0 Å². The number of ether oxygens (including phenoxy) is 1. The standard InChI is InChI=1S/C6H7NO3/c1-5(3-10-2)6(9)7-4-8/h3H,1-2H3. The molecular formula is C6H7NO3. The number of isocyanates is 1. The minimum Gasteiger partial charge on any atom is -0.504 e. The number of rotatable bonds is 2. The van der Waals surface area contributed by atoms with E-state index in [1.165, 1.54) is 20.3 Å². The lowest BCUT2D eigenvalue weighted by Gasteiger charge is -1.89. The van der Waals surface area contributed by atoms with Crippen LogP contribution in [0.2, 0.25) is 0 Å². The maximum absolute atomic E-state index is 10.6. The first-order chi connectivity index (χ1) is 4.72. The van der Waals surface area contributed by atoms with Crippen LogP contribution in [0.15, 0.2) is 16.8 Å². The number of aliphatic imine (C=N–C) groups is 1. The van der Waals surface area contributed by atoms with E-state index < -0.39 is 5.91 Å². The molecule has 0 unspecified atom stereocenters. The predicted octanol–water partition coefficient (Wildman–Crippen LogP) is 0.399. The van der Waals surface area contributed by atoms with E-state index in [-0.39, 0.29) is 5.57 Å². The molecule has 0 rings (SSSR count). The van der Waals surface area contributed by atoms with E-state index >= 15 is 0 Å². The summed E-state index contributed by atoms with van der Waals surface area (Å²) in [6.45, 7) is 1.49. The average molecular weight is 141 g/mol. The Labute approximate surface area is 58.2 Å². The van der Waals surface area contributed by atoms with Crippen molar-refractivity contribution in [2.75, 3.05) is 7.11 Å². The molecule has 0 bridgehead atoms. The smallest absolute Gasteiger partial charge is 0.286 e. The van der Waals surface area contributed by atoms with E-state index in [0.29, 0.717) is 0 Å². The predicted molar refractivity (Wildman–Crippen MR) is 33.9 cm³/mol. The van der Waals surface area contributed by atoms with Gasteiger partial charge in [-0.15, -0.1) is 4.99 Å². The van der Waals surface area contributed by atoms with E-state index in [1.54, 1.807) is 0 Å². The molecule has 0 spiro atoms. The molecule has 54 valence electrons. The minimum atomic E-state index is -0.628. The highest BCUT2D eigenvalue weighted by molar-refractivity contribution is 5.95. The van der Waals surface area contributed by atoms with Crippen LogP contribution in [0.4, 0.5) is 0 Å². The Morgan fingerprint density at radius 1 is 1.70 bits per heavy atom. The molecule has 0 aromatic carbocycles. The summed E-state index contributed by atoms with van der Waals surface area (Å²) in [7, 11) is 1.40. The third-order valence-corrected chi connectivity index (χ3v) is 0.779. The number of carbonyl (C=O) groups excluding carboxylic acids is 2. The first kappa shape index (κ1) is 8.59. The third-order valence-electron chi connectivity index (χ3n) is 0.779. The number of nitrogens with zero attached hydrogens (tertiary/aromatic N) is 1. The summed E-state index contributed by atoms with van der Waals surface area (Å²) in [6.07, 6.45) is 2.35. The molecule has 0 aliphatic rings. The highest BCUT2D eigenvalue weighted by Gasteiger charge is 1.99. The topological polar surface area (TPSA) is 55.7 Å². The number of carbonyl (C=O) groups is 1. The quantitative estimate of drug-likeness (QED) is 0.242. The van der Waals surface area contributed by atoms with Crippen LogP contribution in [0.1, 0.15) is 6.92 Å². The molecule has 0 saturated heterocycles. The van der Waals surface area contributed by atoms with Crippen molar-refractivity contribution in [3.8, 4) is 0 Å². The lowest BCUT2D eigenvalue weighted by molar-refractivity contribution is -0.114. The van der Waals surface area contributed by atoms with Gasteiger partial charge in [-0.05, 0) is 6.92 Å². The summed E-state index contributed by atoms with van der Waals surface area (Å²) in [4.78, 5) is 22.9. The van der Waals surface area contributed by atoms with E-state index in [0.717, 1.165) is 6.08 Å². The van der Waals surface area contributed by atoms with Crippen molar-refractivity contribution < 1.29 is 14.3 Å². The molecule has 0 aromatic heterocycles. The molecule has 0 fully saturated rings. The SMILES string of the molecule is COC=C(C)C(=O)N=C=O. The molecule has 0 radical (unpaired) electrons. The van der Waals surface area contributed by atoms with Gasteiger partial charge in [0.05, 0.1) is 18.9 Å². The van der Waals surface area contributed by atoms with Crippen molar-refractivity contribution in [1.82, 2.24) is 0 Å². The van der Waals surface area contributed by atoms with Crippen molar-refractivity contribution in [3.63, 3.8) is 0 Å². The second-order valence-corrected chi connectivity index (χ2v) is 1.54. The fourth-order valence-electron chi connectivity index (χ4n) is 0.357. The largest absolute Gasteiger partial charge is 0.504 e. The monoisotopic (exact) mass is 141 g/mol. The van der Waals surface area contributed by atoms with Crippen LogP contribution in [0.5, 0.6) is 0 Å². The molecule has 10 heavy (non-hydrogen) atoms. The Balaban J connectivity index is 4.21. The zero-order chi connectivity index (χ0) is 7.98. The number of amides is 1. The van der Waals surface area contributed by atoms with Crippen LogP contribution in [-0.2, 0) is 14.3 Å². The van der Waals surface area contributed by atoms with Crippen LogP contribution in [0.25, 0.3) is 0 Å². The van der Waals surface area contributed by atoms with Crippen LogP contribution >= 0.6 is 0 Å². The third kappa shape index (κ3) is 2.79. The van der Waals surface area contributed by atoms with Gasteiger partial charge in [0.25, 0.3) is 5.91 Å². The van der Waals surface area contributed by atoms with Crippen LogP contribution in [0, 0.1) is 0 Å². The molecule has 0 N–H and O–H groups in total. The summed E-state index contributed by atoms with van der Waals surface area (Å²) in [5.41, 5.74) is 0.269. The molecule has 0 heterocycles. The molecule has 4 heteroatoms. The molecule has 1 amide bonds. The Morgan fingerprint density at radius 3 is 2.70 bits per heavy atom. The molecule has 0 aromatic rings. The zero-order valence-electron chi connectivity index (χ0n) is 5.75. The van der Waals surface area contributed by atoms with Gasteiger partial charge in [0.1, 0.15) is 0 Å². The van der Waals surface area contributed by atoms with Gasteiger partial charge in [-0.3, -0.25) is 4.79 Å². The maximum atomic E-state index is 10.6. The summed E-state index contributed by atoms with van der Waals surface area (Å²) in [5, 5.41) is 0. The van der Waals surface area contributed by atoms with Gasteiger partial charge in [-0.2, -0.15) is 0 Å². The Bertz CT molecular complexity index is 201. The molecule has 0 aliphatic carbocycles. The summed E-state index contributed by atoms with van der Waals surface area (Å²) in [5.74, 6) is -0.628. The average Bonchev–Trinajstić information content (AvgIpc) is 1.89. The summed E-state index contributed by atoms with van der Waals surface area (Å²) >= 11 is 0. The van der Waals surface area contributed by atoms with Crippen molar-refractivity contribution >= 4 is 12.0 Å². The van der Waals surface area contributed by atoms with Crippen molar-refractivity contribution in [2.24, 2.45) is 4.99 Å². The van der Waals surface area contributed by atoms with Crippen LogP contribution in [0.3, 0.4) is 0 Å². The Morgan fingerprint density at radius 2 is 2.30 bits per heavy atom. The molecule has 0 atom stereocenters. The maximum Gasteiger partial charge on any atom is 0.286 e. The van der Waals surface area contributed by atoms with Crippen molar-refractivity contribution in [3.05, 3.63) is 11.8 Å². The van der Waals surface area contributed by atoms with E-state index in [4.69, 9.17) is 0 Å². The molecular weight excluding hydrogens is 134 g/mol. The zero-order valence-corrected chi connectivity index (χ0v) is 5.75. The fraction of sp³-hybridized carbons (Fsp3) is 0.333. The van der Waals surface area contributed by atoms with Crippen molar-refractivity contribution in [2.45, 2.75) is 6.92 Å². The first-order valence-electron chi connectivity index (χ1n) is 2.54. The van der Waals surface area contributed by atoms with Crippen molar-refractivity contribution in [1.29, 1.82) is 0 Å². The highest BCUT2D eigenvalue weighted by Crippen LogP contribution is 1.93. The highest BCUT2D eigenvalue weighted by atomic mass is 16.5. The minimum absolute atomic E-state index is 0.269. The Hall–Kier alpha value is -1.41. The van der Waals surface area contributed by atoms with Gasteiger partial charge < -0.3 is 4.74 Å². The lowest BCUT2D eigenvalue weighted by Crippen LogP contribution is -1.94. The summed E-state index contributed by atoms with van der Waals surface area (Å²) < 4.78 is 4.50. The number of hydrogen-bond donors (Lipinski definition) is 0. The summed E-state index contributed by atoms with van der Waals surface area (Å²) in [6, 6.07) is 0.